The third kappa shape index (κ3) is 4.23. The Morgan fingerprint density at radius 3 is 2.42 bits per heavy atom. The molecule has 178 valence electrons. The van der Waals surface area contributed by atoms with Gasteiger partial charge in [-0.3, -0.25) is 9.69 Å². The van der Waals surface area contributed by atoms with Gasteiger partial charge < -0.3 is 5.32 Å². The summed E-state index contributed by atoms with van der Waals surface area (Å²) >= 11 is 0. The van der Waals surface area contributed by atoms with E-state index in [0.29, 0.717) is 40.3 Å². The first-order valence-corrected chi connectivity index (χ1v) is 11.7. The van der Waals surface area contributed by atoms with Gasteiger partial charge in [0.25, 0.3) is 5.56 Å². The highest BCUT2D eigenvalue weighted by atomic mass is 16.2. The van der Waals surface area contributed by atoms with E-state index in [2.05, 4.69) is 30.2 Å². The smallest absolute Gasteiger partial charge is 0.307 e. The van der Waals surface area contributed by atoms with Gasteiger partial charge in [-0.2, -0.15) is 15.3 Å². The molecule has 8 nitrogen and oxygen atoms in total. The number of aromatic nitrogens is 3. The van der Waals surface area contributed by atoms with Crippen LogP contribution in [0.25, 0.3) is 22.6 Å². The number of rotatable bonds is 4. The maximum Gasteiger partial charge on any atom is 0.328 e. The molecular formula is C28H24N6O2. The Balaban J connectivity index is 1.65. The van der Waals surface area contributed by atoms with Gasteiger partial charge in [0, 0.05) is 16.8 Å². The molecule has 1 aromatic heterocycles. The fourth-order valence-electron chi connectivity index (χ4n) is 4.39. The molecule has 0 spiro atoms. The van der Waals surface area contributed by atoms with Crippen molar-refractivity contribution in [3.8, 4) is 28.7 Å². The number of benzene rings is 3. The second-order valence-corrected chi connectivity index (χ2v) is 9.02. The van der Waals surface area contributed by atoms with Crippen molar-refractivity contribution < 1.29 is 4.79 Å². The quantitative estimate of drug-likeness (QED) is 0.422. The summed E-state index contributed by atoms with van der Waals surface area (Å²) in [6.45, 7) is 4.15. The molecule has 8 heteroatoms. The van der Waals surface area contributed by atoms with Crippen LogP contribution < -0.4 is 15.8 Å². The topological polar surface area (TPSA) is 104 Å². The summed E-state index contributed by atoms with van der Waals surface area (Å²) in [4.78, 5) is 32.9. The highest BCUT2D eigenvalue weighted by Gasteiger charge is 2.37. The lowest BCUT2D eigenvalue weighted by atomic mass is 10.0. The van der Waals surface area contributed by atoms with E-state index in [1.807, 2.05) is 54.6 Å². The van der Waals surface area contributed by atoms with Gasteiger partial charge >= 0.3 is 6.03 Å². The first-order chi connectivity index (χ1) is 17.5. The Kier molecular flexibility index (Phi) is 6.05. The molecule has 0 saturated carbocycles. The van der Waals surface area contributed by atoms with E-state index in [0.717, 1.165) is 0 Å². The third-order valence-electron chi connectivity index (χ3n) is 6.03. The molecule has 5 rings (SSSR count). The average molecular weight is 477 g/mol. The van der Waals surface area contributed by atoms with Crippen molar-refractivity contribution in [2.24, 2.45) is 5.92 Å². The van der Waals surface area contributed by atoms with Crippen LogP contribution in [0.1, 0.15) is 32.0 Å². The molecule has 1 aliphatic heterocycles. The molecule has 36 heavy (non-hydrogen) atoms. The maximum atomic E-state index is 13.7. The lowest BCUT2D eigenvalue weighted by Crippen LogP contribution is -2.46. The zero-order valence-electron chi connectivity index (χ0n) is 19.9. The number of carbonyl (C=O) groups is 1. The van der Waals surface area contributed by atoms with Gasteiger partial charge in [-0.1, -0.05) is 56.3 Å². The average Bonchev–Trinajstić information content (AvgIpc) is 2.89. The van der Waals surface area contributed by atoms with Crippen LogP contribution in [0.3, 0.4) is 0 Å². The van der Waals surface area contributed by atoms with Crippen molar-refractivity contribution in [2.75, 3.05) is 10.2 Å². The van der Waals surface area contributed by atoms with Gasteiger partial charge in [-0.05, 0) is 48.7 Å². The van der Waals surface area contributed by atoms with Crippen molar-refractivity contribution in [1.82, 2.24) is 14.8 Å². The number of hydrogen-bond donors (Lipinski definition) is 1. The van der Waals surface area contributed by atoms with Crippen molar-refractivity contribution in [1.29, 1.82) is 5.26 Å². The molecule has 1 atom stereocenters. The molecule has 1 aliphatic rings. The molecule has 2 heterocycles. The zero-order valence-corrected chi connectivity index (χ0v) is 19.9. The highest BCUT2D eigenvalue weighted by molar-refractivity contribution is 6.05. The van der Waals surface area contributed by atoms with Gasteiger partial charge in [-0.25, -0.2) is 9.48 Å². The van der Waals surface area contributed by atoms with E-state index in [1.165, 1.54) is 0 Å². The van der Waals surface area contributed by atoms with Crippen LogP contribution in [0.5, 0.6) is 0 Å². The molecule has 1 N–H and O–H groups in total. The summed E-state index contributed by atoms with van der Waals surface area (Å²) in [5, 5.41) is 16.8. The number of nitriles is 1. The molecule has 0 fully saturated rings. The fraction of sp³-hybridized carbons (Fsp3) is 0.179. The summed E-state index contributed by atoms with van der Waals surface area (Å²) in [6, 6.07) is 25.0. The van der Waals surface area contributed by atoms with E-state index in [-0.39, 0.29) is 17.6 Å². The molecule has 0 radical (unpaired) electrons. The van der Waals surface area contributed by atoms with Crippen LogP contribution in [0.15, 0.2) is 83.7 Å². The Morgan fingerprint density at radius 2 is 1.72 bits per heavy atom. The molecule has 0 bridgehead atoms. The summed E-state index contributed by atoms with van der Waals surface area (Å²) in [6.07, 6.45) is 0.0808. The molecule has 0 unspecified atom stereocenters. The Morgan fingerprint density at radius 1 is 1.03 bits per heavy atom. The van der Waals surface area contributed by atoms with Crippen LogP contribution in [0, 0.1) is 17.2 Å². The van der Waals surface area contributed by atoms with Gasteiger partial charge in [0.15, 0.2) is 11.5 Å². The van der Waals surface area contributed by atoms with Crippen LogP contribution in [0.4, 0.5) is 16.2 Å². The summed E-state index contributed by atoms with van der Waals surface area (Å²) in [5.41, 5.74) is 2.87. The molecule has 2 amide bonds. The Hall–Kier alpha value is -4.77. The Labute approximate surface area is 208 Å². The number of anilines is 2. The monoisotopic (exact) mass is 476 g/mol. The van der Waals surface area contributed by atoms with Crippen LogP contribution >= 0.6 is 0 Å². The normalized spacial score (nSPS) is 14.1. The van der Waals surface area contributed by atoms with Crippen molar-refractivity contribution in [3.63, 3.8) is 0 Å². The van der Waals surface area contributed by atoms with Crippen molar-refractivity contribution >= 4 is 17.4 Å². The lowest BCUT2D eigenvalue weighted by Gasteiger charge is -2.39. The molecule has 3 aromatic carbocycles. The predicted molar refractivity (Wildman–Crippen MR) is 138 cm³/mol. The number of para-hydroxylation sites is 1. The van der Waals surface area contributed by atoms with Crippen molar-refractivity contribution in [3.05, 3.63) is 94.8 Å². The van der Waals surface area contributed by atoms with Crippen molar-refractivity contribution in [2.45, 2.75) is 26.4 Å². The van der Waals surface area contributed by atoms with Crippen LogP contribution in [0.2, 0.25) is 0 Å². The predicted octanol–water partition coefficient (Wildman–Crippen LogP) is 5.44. The lowest BCUT2D eigenvalue weighted by molar-refractivity contribution is 0.246. The van der Waals surface area contributed by atoms with Gasteiger partial charge in [0.2, 0.25) is 0 Å². The maximum absolute atomic E-state index is 13.7. The molecule has 0 aliphatic carbocycles. The fourth-order valence-corrected chi connectivity index (χ4v) is 4.39. The number of fused-ring (bicyclic) bond motifs is 3. The summed E-state index contributed by atoms with van der Waals surface area (Å²) in [5.74, 6) is 0.656. The number of nitrogens with one attached hydrogen (secondary N) is 1. The van der Waals surface area contributed by atoms with Gasteiger partial charge in [-0.15, -0.1) is 0 Å². The van der Waals surface area contributed by atoms with Gasteiger partial charge in [0.1, 0.15) is 6.17 Å². The number of carbonyl (C=O) groups excluding carboxylic acids is 1. The highest BCUT2D eigenvalue weighted by Crippen LogP contribution is 2.41. The number of urea groups is 1. The minimum Gasteiger partial charge on any atom is -0.307 e. The summed E-state index contributed by atoms with van der Waals surface area (Å²) in [7, 11) is 0. The minimum atomic E-state index is -0.510. The second kappa shape index (κ2) is 9.47. The van der Waals surface area contributed by atoms with Crippen LogP contribution in [-0.2, 0) is 0 Å². The van der Waals surface area contributed by atoms with Crippen LogP contribution in [-0.4, -0.2) is 20.8 Å². The van der Waals surface area contributed by atoms with E-state index < -0.39 is 11.7 Å². The largest absolute Gasteiger partial charge is 0.328 e. The molecular weight excluding hydrogens is 452 g/mol. The number of amides is 2. The second-order valence-electron chi connectivity index (χ2n) is 9.02. The first-order valence-electron chi connectivity index (χ1n) is 11.7. The van der Waals surface area contributed by atoms with E-state index in [1.54, 1.807) is 33.8 Å². The van der Waals surface area contributed by atoms with E-state index in [9.17, 15) is 9.59 Å². The first kappa shape index (κ1) is 23.0. The van der Waals surface area contributed by atoms with E-state index in [4.69, 9.17) is 10.4 Å². The minimum absolute atomic E-state index is 0.222. The standard InChI is InChI=1S/C28H24N6O2/c1-18(2)16-24-33(28(36)30-21-14-12-19(17-29)13-15-21)23-11-7-6-10-22(23)26-31-27(35)25(32-34(24)26)20-8-4-3-5-9-20/h3-15,18,24H,16H2,1-2H3,(H,30,36)/t24-/m0/s1. The number of hydrogen-bond acceptors (Lipinski definition) is 5. The Bertz CT molecular complexity index is 1520. The van der Waals surface area contributed by atoms with Gasteiger partial charge in [0.05, 0.1) is 17.3 Å². The SMILES string of the molecule is CC(C)C[C@H]1N(C(=O)Nc2ccc(C#N)cc2)c2ccccc2-c2nc(=O)c(-c3ccccc3)nn21. The third-order valence-corrected chi connectivity index (χ3v) is 6.03. The number of nitrogens with zero attached hydrogens (tertiary/aromatic N) is 5. The summed E-state index contributed by atoms with van der Waals surface area (Å²) < 4.78 is 1.70. The molecule has 4 aromatic rings. The molecule has 0 saturated heterocycles. The zero-order chi connectivity index (χ0) is 25.2. The van der Waals surface area contributed by atoms with E-state index >= 15 is 0 Å².